The Morgan fingerprint density at radius 2 is 2.31 bits per heavy atom. The molecule has 0 aliphatic rings. The quantitative estimate of drug-likeness (QED) is 0.820. The maximum Gasteiger partial charge on any atom is 0.323 e. The van der Waals surface area contributed by atoms with E-state index in [1.807, 2.05) is 0 Å². The predicted octanol–water partition coefficient (Wildman–Crippen LogP) is 0.636. The van der Waals surface area contributed by atoms with Gasteiger partial charge in [0.2, 0.25) is 0 Å². The second kappa shape index (κ2) is 5.09. The van der Waals surface area contributed by atoms with Crippen molar-refractivity contribution in [3.05, 3.63) is 10.7 Å². The molecular weight excluding hydrogens is 276 g/mol. The van der Waals surface area contributed by atoms with Crippen LogP contribution in [-0.4, -0.2) is 32.5 Å². The first-order valence-electron chi connectivity index (χ1n) is 4.08. The Labute approximate surface area is 102 Å². The van der Waals surface area contributed by atoms with Gasteiger partial charge in [-0.2, -0.15) is 4.72 Å². The third kappa shape index (κ3) is 3.14. The molecule has 1 aromatic heterocycles. The van der Waals surface area contributed by atoms with Gasteiger partial charge in [0.05, 0.1) is 13.3 Å². The van der Waals surface area contributed by atoms with Gasteiger partial charge in [-0.1, -0.05) is 22.9 Å². The average Bonchev–Trinajstić information content (AvgIpc) is 2.63. The Kier molecular flexibility index (Phi) is 4.25. The summed E-state index contributed by atoms with van der Waals surface area (Å²) in [7, 11) is -2.60. The molecule has 0 aromatic carbocycles. The number of nitrogens with one attached hydrogen (secondary N) is 1. The van der Waals surface area contributed by atoms with Crippen LogP contribution in [0.15, 0.2) is 10.4 Å². The van der Waals surface area contributed by atoms with Crippen LogP contribution in [0.25, 0.3) is 0 Å². The number of ether oxygens (including phenoxy) is 1. The Hall–Kier alpha value is -0.700. The summed E-state index contributed by atoms with van der Waals surface area (Å²) in [5.74, 6) is -0.667. The van der Waals surface area contributed by atoms with Crippen molar-refractivity contribution >= 4 is 38.9 Å². The third-order valence-corrected chi connectivity index (χ3v) is 4.72. The van der Waals surface area contributed by atoms with Crippen LogP contribution in [0.4, 0.5) is 0 Å². The summed E-state index contributed by atoms with van der Waals surface area (Å²) in [4.78, 5) is 14.6. The van der Waals surface area contributed by atoms with Crippen molar-refractivity contribution in [1.29, 1.82) is 0 Å². The van der Waals surface area contributed by atoms with Gasteiger partial charge in [-0.3, -0.25) is 4.79 Å². The van der Waals surface area contributed by atoms with E-state index in [1.54, 1.807) is 0 Å². The molecule has 0 bridgehead atoms. The van der Waals surface area contributed by atoms with Crippen molar-refractivity contribution in [2.45, 2.75) is 17.2 Å². The van der Waals surface area contributed by atoms with Crippen LogP contribution >= 0.6 is 22.9 Å². The summed E-state index contributed by atoms with van der Waals surface area (Å²) in [5, 5.41) is 0. The molecule has 0 unspecified atom stereocenters. The fraction of sp³-hybridized carbons (Fsp3) is 0.429. The van der Waals surface area contributed by atoms with Crippen molar-refractivity contribution in [2.75, 3.05) is 7.11 Å². The van der Waals surface area contributed by atoms with Gasteiger partial charge in [0.15, 0.2) is 8.68 Å². The predicted molar refractivity (Wildman–Crippen MR) is 58.9 cm³/mol. The Morgan fingerprint density at radius 3 is 2.75 bits per heavy atom. The number of thiazole rings is 1. The third-order valence-electron chi connectivity index (χ3n) is 1.61. The van der Waals surface area contributed by atoms with E-state index < -0.39 is 22.0 Å². The van der Waals surface area contributed by atoms with E-state index in [9.17, 15) is 13.2 Å². The normalized spacial score (nSPS) is 13.4. The topological polar surface area (TPSA) is 85.4 Å². The van der Waals surface area contributed by atoms with E-state index in [0.717, 1.165) is 17.5 Å². The number of rotatable bonds is 4. The molecule has 0 amide bonds. The van der Waals surface area contributed by atoms with E-state index in [2.05, 4.69) is 14.4 Å². The van der Waals surface area contributed by atoms with Gasteiger partial charge < -0.3 is 4.74 Å². The molecule has 6 nitrogen and oxygen atoms in total. The highest BCUT2D eigenvalue weighted by molar-refractivity contribution is 7.91. The second-order valence-electron chi connectivity index (χ2n) is 2.80. The van der Waals surface area contributed by atoms with E-state index in [-0.39, 0.29) is 8.68 Å². The highest BCUT2D eigenvalue weighted by Gasteiger charge is 2.24. The molecule has 16 heavy (non-hydrogen) atoms. The second-order valence-corrected chi connectivity index (χ2v) is 6.35. The first-order chi connectivity index (χ1) is 7.36. The average molecular weight is 285 g/mol. The maximum atomic E-state index is 11.7. The minimum Gasteiger partial charge on any atom is -0.468 e. The van der Waals surface area contributed by atoms with E-state index in [4.69, 9.17) is 11.6 Å². The summed E-state index contributed by atoms with van der Waals surface area (Å²) in [6, 6.07) is -0.962. The number of nitrogens with zero attached hydrogens (tertiary/aromatic N) is 1. The molecule has 0 spiro atoms. The van der Waals surface area contributed by atoms with Gasteiger partial charge in [0.1, 0.15) is 6.04 Å². The summed E-state index contributed by atoms with van der Waals surface area (Å²) < 4.78 is 29.9. The van der Waals surface area contributed by atoms with Crippen LogP contribution in [-0.2, 0) is 19.6 Å². The van der Waals surface area contributed by atoms with Gasteiger partial charge in [0, 0.05) is 0 Å². The van der Waals surface area contributed by atoms with Crippen molar-refractivity contribution in [2.24, 2.45) is 0 Å². The number of carbonyl (C=O) groups excluding carboxylic acids is 1. The van der Waals surface area contributed by atoms with Crippen LogP contribution in [0, 0.1) is 0 Å². The monoisotopic (exact) mass is 284 g/mol. The lowest BCUT2D eigenvalue weighted by Crippen LogP contribution is -2.38. The molecule has 1 N–H and O–H groups in total. The van der Waals surface area contributed by atoms with E-state index in [1.165, 1.54) is 14.0 Å². The SMILES string of the molecule is COC(=O)[C@H](C)NS(=O)(=O)c1cnc(Cl)s1. The molecule has 1 aromatic rings. The molecule has 0 fully saturated rings. The Balaban J connectivity index is 2.84. The number of sulfonamides is 1. The minimum atomic E-state index is -3.77. The van der Waals surface area contributed by atoms with Gasteiger partial charge >= 0.3 is 5.97 Å². The minimum absolute atomic E-state index is 0.0479. The lowest BCUT2D eigenvalue weighted by atomic mass is 10.4. The van der Waals surface area contributed by atoms with Gasteiger partial charge in [0.25, 0.3) is 10.0 Å². The first kappa shape index (κ1) is 13.4. The molecular formula is C7H9ClN2O4S2. The van der Waals surface area contributed by atoms with Crippen LogP contribution in [0.5, 0.6) is 0 Å². The first-order valence-corrected chi connectivity index (χ1v) is 6.76. The van der Waals surface area contributed by atoms with Gasteiger partial charge in [-0.15, -0.1) is 0 Å². The smallest absolute Gasteiger partial charge is 0.323 e. The largest absolute Gasteiger partial charge is 0.468 e. The fourth-order valence-electron chi connectivity index (χ4n) is 0.879. The fourth-order valence-corrected chi connectivity index (χ4v) is 3.38. The number of carbonyl (C=O) groups is 1. The number of aromatic nitrogens is 1. The lowest BCUT2D eigenvalue weighted by Gasteiger charge is -2.10. The van der Waals surface area contributed by atoms with E-state index >= 15 is 0 Å². The molecule has 0 saturated heterocycles. The standard InChI is InChI=1S/C7H9ClN2O4S2/c1-4(6(11)14-2)10-16(12,13)5-3-9-7(8)15-5/h3-4,10H,1-2H3/t4-/m0/s1. The van der Waals surface area contributed by atoms with E-state index in [0.29, 0.717) is 0 Å². The molecule has 90 valence electrons. The summed E-state index contributed by atoms with van der Waals surface area (Å²) >= 11 is 6.32. The molecule has 0 aliphatic heterocycles. The highest BCUT2D eigenvalue weighted by Crippen LogP contribution is 2.22. The number of esters is 1. The molecule has 1 rings (SSSR count). The number of halogens is 1. The number of hydrogen-bond donors (Lipinski definition) is 1. The number of hydrogen-bond acceptors (Lipinski definition) is 6. The summed E-state index contributed by atoms with van der Waals surface area (Å²) in [6.45, 7) is 1.38. The van der Waals surface area contributed by atoms with Gasteiger partial charge in [-0.05, 0) is 6.92 Å². The van der Waals surface area contributed by atoms with Crippen molar-refractivity contribution < 1.29 is 17.9 Å². The molecule has 0 radical (unpaired) electrons. The van der Waals surface area contributed by atoms with Crippen LogP contribution in [0.1, 0.15) is 6.92 Å². The van der Waals surface area contributed by atoms with Gasteiger partial charge in [-0.25, -0.2) is 13.4 Å². The van der Waals surface area contributed by atoms with Crippen LogP contribution in [0.2, 0.25) is 4.47 Å². The van der Waals surface area contributed by atoms with Crippen molar-refractivity contribution in [1.82, 2.24) is 9.71 Å². The van der Waals surface area contributed by atoms with Crippen LogP contribution < -0.4 is 4.72 Å². The summed E-state index contributed by atoms with van der Waals surface area (Å²) in [5.41, 5.74) is 0. The van der Waals surface area contributed by atoms with Crippen molar-refractivity contribution in [3.63, 3.8) is 0 Å². The summed E-state index contributed by atoms with van der Waals surface area (Å²) in [6.07, 6.45) is 1.12. The molecule has 0 saturated carbocycles. The highest BCUT2D eigenvalue weighted by atomic mass is 35.5. The van der Waals surface area contributed by atoms with Crippen LogP contribution in [0.3, 0.4) is 0 Å². The zero-order valence-corrected chi connectivity index (χ0v) is 10.8. The Bertz CT molecular complexity index is 484. The van der Waals surface area contributed by atoms with Crippen molar-refractivity contribution in [3.8, 4) is 0 Å². The molecule has 1 atom stereocenters. The molecule has 0 aliphatic carbocycles. The zero-order chi connectivity index (χ0) is 12.3. The lowest BCUT2D eigenvalue weighted by molar-refractivity contribution is -0.142. The molecule has 1 heterocycles. The number of methoxy groups -OCH3 is 1. The maximum absolute atomic E-state index is 11.7. The zero-order valence-electron chi connectivity index (χ0n) is 8.43. The Morgan fingerprint density at radius 1 is 1.69 bits per heavy atom. The molecule has 9 heteroatoms.